The zero-order chi connectivity index (χ0) is 26.1. The van der Waals surface area contributed by atoms with Gasteiger partial charge in [-0.1, -0.05) is 46.4 Å². The molecule has 1 N–H and O–H groups in total. The molecule has 0 bridgehead atoms. The number of fused-ring (bicyclic) bond motifs is 3. The molecule has 10 heteroatoms. The average Bonchev–Trinajstić information content (AvgIpc) is 3.21. The Morgan fingerprint density at radius 2 is 1.86 bits per heavy atom. The van der Waals surface area contributed by atoms with Crippen LogP contribution in [0.1, 0.15) is 51.5 Å². The van der Waals surface area contributed by atoms with E-state index < -0.39 is 10.0 Å². The largest absolute Gasteiger partial charge is 0.325 e. The second kappa shape index (κ2) is 10.8. The van der Waals surface area contributed by atoms with Crippen LogP contribution < -0.4 is 5.32 Å². The molecule has 2 heterocycles. The zero-order valence-corrected chi connectivity index (χ0v) is 23.9. The monoisotopic (exact) mass is 546 g/mol. The summed E-state index contributed by atoms with van der Waals surface area (Å²) in [4.78, 5) is 24.3. The van der Waals surface area contributed by atoms with E-state index in [2.05, 4.69) is 36.1 Å². The van der Waals surface area contributed by atoms with Gasteiger partial charge in [-0.05, 0) is 60.4 Å². The Morgan fingerprint density at radius 1 is 1.17 bits per heavy atom. The van der Waals surface area contributed by atoms with E-state index >= 15 is 0 Å². The first-order valence-corrected chi connectivity index (χ1v) is 15.6. The third-order valence-electron chi connectivity index (χ3n) is 6.86. The third-order valence-corrected chi connectivity index (χ3v) is 11.1. The number of amides is 1. The second-order valence-electron chi connectivity index (χ2n) is 10.1. The molecule has 0 radical (unpaired) electrons. The normalized spacial score (nSPS) is 16.3. The SMILES string of the molecule is CCN(CC)S(=O)(=O)c1ccc(NC(=O)CSc2ncnc3sc4c(c23)CCC(C(C)(C)C)C4)cc1. The fourth-order valence-electron chi connectivity index (χ4n) is 4.68. The summed E-state index contributed by atoms with van der Waals surface area (Å²) in [5, 5.41) is 4.82. The number of benzene rings is 1. The van der Waals surface area contributed by atoms with Crippen molar-refractivity contribution >= 4 is 54.9 Å². The van der Waals surface area contributed by atoms with Gasteiger partial charge in [-0.15, -0.1) is 11.3 Å². The maximum absolute atomic E-state index is 12.7. The summed E-state index contributed by atoms with van der Waals surface area (Å²) >= 11 is 3.18. The van der Waals surface area contributed by atoms with Crippen LogP contribution in [0.5, 0.6) is 0 Å². The third kappa shape index (κ3) is 5.61. The van der Waals surface area contributed by atoms with E-state index in [1.54, 1.807) is 29.8 Å². The molecule has 0 spiro atoms. The van der Waals surface area contributed by atoms with Crippen molar-refractivity contribution in [3.8, 4) is 0 Å². The van der Waals surface area contributed by atoms with Crippen molar-refractivity contribution < 1.29 is 13.2 Å². The van der Waals surface area contributed by atoms with E-state index in [9.17, 15) is 13.2 Å². The number of nitrogens with one attached hydrogen (secondary N) is 1. The summed E-state index contributed by atoms with van der Waals surface area (Å²) in [6, 6.07) is 6.32. The highest BCUT2D eigenvalue weighted by atomic mass is 32.2. The van der Waals surface area contributed by atoms with E-state index in [0.29, 0.717) is 24.7 Å². The number of hydrogen-bond acceptors (Lipinski definition) is 7. The van der Waals surface area contributed by atoms with Gasteiger partial charge in [0.05, 0.1) is 10.6 Å². The predicted octanol–water partition coefficient (Wildman–Crippen LogP) is 5.60. The molecular weight excluding hydrogens is 513 g/mol. The molecule has 1 amide bonds. The van der Waals surface area contributed by atoms with Gasteiger partial charge in [0.15, 0.2) is 0 Å². The van der Waals surface area contributed by atoms with Crippen LogP contribution in [0, 0.1) is 11.3 Å². The Bertz CT molecular complexity index is 1340. The first-order valence-electron chi connectivity index (χ1n) is 12.3. The highest BCUT2D eigenvalue weighted by molar-refractivity contribution is 8.00. The number of hydrogen-bond donors (Lipinski definition) is 1. The van der Waals surface area contributed by atoms with E-state index in [-0.39, 0.29) is 22.0 Å². The topological polar surface area (TPSA) is 92.3 Å². The number of nitrogens with zero attached hydrogens (tertiary/aromatic N) is 3. The van der Waals surface area contributed by atoms with Crippen LogP contribution >= 0.6 is 23.1 Å². The number of anilines is 1. The number of sulfonamides is 1. The van der Waals surface area contributed by atoms with E-state index in [1.807, 2.05) is 13.8 Å². The highest BCUT2D eigenvalue weighted by Crippen LogP contribution is 2.44. The minimum Gasteiger partial charge on any atom is -0.325 e. The first kappa shape index (κ1) is 27.0. The fourth-order valence-corrected chi connectivity index (χ4v) is 8.30. The van der Waals surface area contributed by atoms with Gasteiger partial charge in [0.2, 0.25) is 15.9 Å². The van der Waals surface area contributed by atoms with Gasteiger partial charge in [0, 0.05) is 29.0 Å². The summed E-state index contributed by atoms with van der Waals surface area (Å²) < 4.78 is 26.7. The van der Waals surface area contributed by atoms with Gasteiger partial charge in [0.1, 0.15) is 16.2 Å². The standard InChI is InChI=1S/C26H34N4O3S3/c1-6-30(7-2)36(32,33)19-11-9-18(10-12-19)29-22(31)15-34-24-23-20-13-8-17(26(3,4)5)14-21(20)35-25(23)28-16-27-24/h9-12,16-17H,6-8,13-15H2,1-5H3,(H,29,31). The molecule has 7 nitrogen and oxygen atoms in total. The van der Waals surface area contributed by atoms with E-state index in [0.717, 1.165) is 34.5 Å². The molecule has 1 aliphatic rings. The Morgan fingerprint density at radius 3 is 2.50 bits per heavy atom. The average molecular weight is 547 g/mol. The Balaban J connectivity index is 1.43. The molecule has 0 saturated heterocycles. The number of aryl methyl sites for hydroxylation is 1. The first-order chi connectivity index (χ1) is 17.0. The summed E-state index contributed by atoms with van der Waals surface area (Å²) in [6.45, 7) is 11.4. The van der Waals surface area contributed by atoms with Crippen molar-refractivity contribution in [2.24, 2.45) is 11.3 Å². The number of rotatable bonds is 8. The molecule has 1 aromatic carbocycles. The molecule has 1 atom stereocenters. The summed E-state index contributed by atoms with van der Waals surface area (Å²) in [5.74, 6) is 0.699. The van der Waals surface area contributed by atoms with Crippen LogP contribution in [0.3, 0.4) is 0 Å². The number of thiophene rings is 1. The second-order valence-corrected chi connectivity index (χ2v) is 14.1. The number of carbonyl (C=O) groups excluding carboxylic acids is 1. The lowest BCUT2D eigenvalue weighted by Crippen LogP contribution is -2.30. The molecule has 3 aromatic rings. The van der Waals surface area contributed by atoms with Crippen LogP contribution in [0.15, 0.2) is 40.5 Å². The molecule has 0 fully saturated rings. The van der Waals surface area contributed by atoms with Crippen molar-refractivity contribution in [1.82, 2.24) is 14.3 Å². The van der Waals surface area contributed by atoms with Crippen molar-refractivity contribution in [2.45, 2.75) is 63.8 Å². The van der Waals surface area contributed by atoms with Crippen LogP contribution in [-0.4, -0.2) is 47.4 Å². The van der Waals surface area contributed by atoms with Gasteiger partial charge in [-0.2, -0.15) is 4.31 Å². The summed E-state index contributed by atoms with van der Waals surface area (Å²) in [6.07, 6.45) is 4.83. The Kier molecular flexibility index (Phi) is 8.09. The van der Waals surface area contributed by atoms with Crippen LogP contribution in [0.25, 0.3) is 10.2 Å². The van der Waals surface area contributed by atoms with Crippen LogP contribution in [0.2, 0.25) is 0 Å². The minimum absolute atomic E-state index is 0.164. The molecular formula is C26H34N4O3S3. The van der Waals surface area contributed by atoms with Gasteiger partial charge >= 0.3 is 0 Å². The summed E-state index contributed by atoms with van der Waals surface area (Å²) in [7, 11) is -3.52. The maximum atomic E-state index is 12.7. The van der Waals surface area contributed by atoms with Gasteiger partial charge in [-0.25, -0.2) is 18.4 Å². The lowest BCUT2D eigenvalue weighted by atomic mass is 9.72. The van der Waals surface area contributed by atoms with E-state index in [4.69, 9.17) is 0 Å². The molecule has 1 unspecified atom stereocenters. The molecule has 0 aliphatic heterocycles. The highest BCUT2D eigenvalue weighted by Gasteiger charge is 2.31. The van der Waals surface area contributed by atoms with Crippen LogP contribution in [0.4, 0.5) is 5.69 Å². The van der Waals surface area contributed by atoms with Gasteiger partial charge in [-0.3, -0.25) is 4.79 Å². The lowest BCUT2D eigenvalue weighted by Gasteiger charge is -2.33. The molecule has 0 saturated carbocycles. The fraction of sp³-hybridized carbons (Fsp3) is 0.500. The molecule has 4 rings (SSSR count). The Labute approximate surface area is 222 Å². The number of aromatic nitrogens is 2. The maximum Gasteiger partial charge on any atom is 0.243 e. The summed E-state index contributed by atoms with van der Waals surface area (Å²) in [5.41, 5.74) is 2.19. The number of thioether (sulfide) groups is 1. The van der Waals surface area contributed by atoms with Crippen LogP contribution in [-0.2, 0) is 27.7 Å². The van der Waals surface area contributed by atoms with Gasteiger partial charge in [0.25, 0.3) is 0 Å². The van der Waals surface area contributed by atoms with Crippen molar-refractivity contribution in [2.75, 3.05) is 24.2 Å². The van der Waals surface area contributed by atoms with Crippen molar-refractivity contribution in [3.63, 3.8) is 0 Å². The van der Waals surface area contributed by atoms with Gasteiger partial charge < -0.3 is 5.32 Å². The van der Waals surface area contributed by atoms with Crippen molar-refractivity contribution in [1.29, 1.82) is 0 Å². The molecule has 1 aliphatic carbocycles. The molecule has 194 valence electrons. The lowest BCUT2D eigenvalue weighted by molar-refractivity contribution is -0.113. The van der Waals surface area contributed by atoms with Crippen molar-refractivity contribution in [3.05, 3.63) is 41.0 Å². The molecule has 36 heavy (non-hydrogen) atoms. The molecule has 2 aromatic heterocycles. The quantitative estimate of drug-likeness (QED) is 0.292. The predicted molar refractivity (Wildman–Crippen MR) is 148 cm³/mol. The number of carbonyl (C=O) groups is 1. The van der Waals surface area contributed by atoms with E-state index in [1.165, 1.54) is 38.6 Å². The zero-order valence-electron chi connectivity index (χ0n) is 21.5. The smallest absolute Gasteiger partial charge is 0.243 e. The minimum atomic E-state index is -3.52. The Hall–Kier alpha value is -2.01.